The molecule has 0 spiro atoms. The van der Waals surface area contributed by atoms with Crippen LogP contribution < -0.4 is 11.1 Å². The monoisotopic (exact) mass is 317 g/mol. The highest BCUT2D eigenvalue weighted by molar-refractivity contribution is 5.76. The Kier molecular flexibility index (Phi) is 5.04. The summed E-state index contributed by atoms with van der Waals surface area (Å²) in [5, 5.41) is 2.63. The van der Waals surface area contributed by atoms with Crippen LogP contribution in [0, 0.1) is 0 Å². The first kappa shape index (κ1) is 16.3. The lowest BCUT2D eigenvalue weighted by Crippen LogP contribution is -2.36. The molecule has 1 amide bonds. The van der Waals surface area contributed by atoms with Gasteiger partial charge in [0.05, 0.1) is 0 Å². The molecule has 0 radical (unpaired) electrons. The number of piperidine rings is 1. The molecule has 3 N–H and O–H groups in total. The number of halogens is 3. The van der Waals surface area contributed by atoms with Crippen molar-refractivity contribution in [1.29, 1.82) is 0 Å². The Morgan fingerprint density at radius 2 is 2.14 bits per heavy atom. The summed E-state index contributed by atoms with van der Waals surface area (Å²) in [6.45, 7) is 1.50. The summed E-state index contributed by atoms with van der Waals surface area (Å²) >= 11 is 0. The quantitative estimate of drug-likeness (QED) is 0.810. The van der Waals surface area contributed by atoms with Crippen LogP contribution in [0.5, 0.6) is 0 Å². The van der Waals surface area contributed by atoms with E-state index in [-0.39, 0.29) is 24.2 Å². The number of carbonyl (C=O) groups excluding carboxylic acids is 1. The van der Waals surface area contributed by atoms with Crippen LogP contribution in [-0.2, 0) is 11.0 Å². The summed E-state index contributed by atoms with van der Waals surface area (Å²) in [5.41, 5.74) is 4.38. The maximum Gasteiger partial charge on any atom is 0.421 e. The van der Waals surface area contributed by atoms with E-state index in [1.165, 1.54) is 0 Å². The second-order valence-corrected chi connectivity index (χ2v) is 5.11. The Morgan fingerprint density at radius 1 is 1.36 bits per heavy atom. The van der Waals surface area contributed by atoms with E-state index >= 15 is 0 Å². The number of alkyl halides is 3. The van der Waals surface area contributed by atoms with Gasteiger partial charge < -0.3 is 16.0 Å². The van der Waals surface area contributed by atoms with E-state index in [9.17, 15) is 18.0 Å². The smallest absolute Gasteiger partial charge is 0.369 e. The zero-order valence-corrected chi connectivity index (χ0v) is 12.0. The third-order valence-electron chi connectivity index (χ3n) is 3.43. The Morgan fingerprint density at radius 3 is 2.82 bits per heavy atom. The molecule has 0 aromatic carbocycles. The van der Waals surface area contributed by atoms with E-state index < -0.39 is 11.7 Å². The fraction of sp³-hybridized carbons (Fsp3) is 0.615. The molecule has 22 heavy (non-hydrogen) atoms. The summed E-state index contributed by atoms with van der Waals surface area (Å²) in [4.78, 5) is 20.3. The molecule has 0 saturated carbocycles. The topological polar surface area (TPSA) is 84.1 Å². The molecule has 0 unspecified atom stereocenters. The van der Waals surface area contributed by atoms with Crippen molar-refractivity contribution in [2.75, 3.05) is 30.7 Å². The largest absolute Gasteiger partial charge is 0.421 e. The van der Waals surface area contributed by atoms with Gasteiger partial charge in [-0.05, 0) is 19.3 Å². The van der Waals surface area contributed by atoms with Gasteiger partial charge in [-0.3, -0.25) is 4.79 Å². The van der Waals surface area contributed by atoms with Crippen molar-refractivity contribution < 1.29 is 18.0 Å². The number of anilines is 2. The molecule has 1 aliphatic rings. The average molecular weight is 317 g/mol. The highest BCUT2D eigenvalue weighted by Crippen LogP contribution is 2.33. The zero-order valence-electron chi connectivity index (χ0n) is 12.0. The van der Waals surface area contributed by atoms with Gasteiger partial charge in [0.25, 0.3) is 0 Å². The van der Waals surface area contributed by atoms with Crippen LogP contribution in [0.15, 0.2) is 6.20 Å². The van der Waals surface area contributed by atoms with Crippen molar-refractivity contribution in [1.82, 2.24) is 14.9 Å². The first-order chi connectivity index (χ1) is 10.4. The summed E-state index contributed by atoms with van der Waals surface area (Å²) in [5.74, 6) is -0.444. The molecule has 1 aliphatic heterocycles. The highest BCUT2D eigenvalue weighted by Gasteiger charge is 2.35. The normalized spacial score (nSPS) is 16.0. The lowest BCUT2D eigenvalue weighted by Gasteiger charge is -2.26. The van der Waals surface area contributed by atoms with Gasteiger partial charge in [0.2, 0.25) is 11.9 Å². The first-order valence-corrected chi connectivity index (χ1v) is 7.09. The van der Waals surface area contributed by atoms with Crippen molar-refractivity contribution in [3.05, 3.63) is 11.8 Å². The van der Waals surface area contributed by atoms with Crippen LogP contribution in [-0.4, -0.2) is 40.4 Å². The second kappa shape index (κ2) is 6.80. The third kappa shape index (κ3) is 4.22. The van der Waals surface area contributed by atoms with E-state index in [0.717, 1.165) is 12.8 Å². The van der Waals surface area contributed by atoms with Crippen LogP contribution in [0.2, 0.25) is 0 Å². The number of aromatic nitrogens is 2. The Labute approximate surface area is 125 Å². The summed E-state index contributed by atoms with van der Waals surface area (Å²) < 4.78 is 38.5. The molecule has 2 heterocycles. The van der Waals surface area contributed by atoms with Crippen molar-refractivity contribution in [2.24, 2.45) is 0 Å². The lowest BCUT2D eigenvalue weighted by atomic mass is 10.1. The molecule has 0 aliphatic carbocycles. The number of nitrogens with two attached hydrogens (primary N) is 1. The molecule has 122 valence electrons. The highest BCUT2D eigenvalue weighted by atomic mass is 19.4. The fourth-order valence-corrected chi connectivity index (χ4v) is 2.31. The van der Waals surface area contributed by atoms with E-state index in [4.69, 9.17) is 5.73 Å². The van der Waals surface area contributed by atoms with Crippen molar-refractivity contribution >= 4 is 17.7 Å². The van der Waals surface area contributed by atoms with Gasteiger partial charge >= 0.3 is 6.18 Å². The number of nitrogens with one attached hydrogen (secondary N) is 1. The van der Waals surface area contributed by atoms with Gasteiger partial charge in [-0.2, -0.15) is 18.2 Å². The summed E-state index contributed by atoms with van der Waals surface area (Å²) in [6.07, 6.45) is -0.915. The molecule has 6 nitrogen and oxygen atoms in total. The number of carbonyl (C=O) groups is 1. The predicted molar refractivity (Wildman–Crippen MR) is 75.0 cm³/mol. The van der Waals surface area contributed by atoms with Gasteiger partial charge in [0.1, 0.15) is 11.4 Å². The average Bonchev–Trinajstić information content (AvgIpc) is 2.44. The Balaban J connectivity index is 1.89. The minimum Gasteiger partial charge on any atom is -0.369 e. The number of nitrogens with zero attached hydrogens (tertiary/aromatic N) is 3. The van der Waals surface area contributed by atoms with Crippen LogP contribution in [0.1, 0.15) is 31.2 Å². The van der Waals surface area contributed by atoms with E-state index in [0.29, 0.717) is 32.1 Å². The molecular weight excluding hydrogens is 299 g/mol. The molecule has 2 rings (SSSR count). The minimum absolute atomic E-state index is 0.105. The molecule has 1 aromatic heterocycles. The van der Waals surface area contributed by atoms with Gasteiger partial charge in [-0.1, -0.05) is 0 Å². The molecule has 1 saturated heterocycles. The van der Waals surface area contributed by atoms with Gasteiger partial charge in [0.15, 0.2) is 0 Å². The maximum absolute atomic E-state index is 12.8. The number of likely N-dealkylation sites (tertiary alicyclic amines) is 1. The van der Waals surface area contributed by atoms with E-state index in [2.05, 4.69) is 15.3 Å². The van der Waals surface area contributed by atoms with Gasteiger partial charge in [-0.15, -0.1) is 0 Å². The molecule has 0 bridgehead atoms. The van der Waals surface area contributed by atoms with Crippen molar-refractivity contribution in [2.45, 2.75) is 31.9 Å². The minimum atomic E-state index is -4.54. The number of nitrogen functional groups attached to an aromatic ring is 1. The van der Waals surface area contributed by atoms with Gasteiger partial charge in [0, 0.05) is 32.3 Å². The van der Waals surface area contributed by atoms with Crippen LogP contribution in [0.4, 0.5) is 24.9 Å². The predicted octanol–water partition coefficient (Wildman–Crippen LogP) is 1.89. The fourth-order valence-electron chi connectivity index (χ4n) is 2.31. The third-order valence-corrected chi connectivity index (χ3v) is 3.43. The van der Waals surface area contributed by atoms with Crippen LogP contribution in [0.25, 0.3) is 0 Å². The Hall–Kier alpha value is -2.06. The van der Waals surface area contributed by atoms with E-state index in [1.54, 1.807) is 4.90 Å². The summed E-state index contributed by atoms with van der Waals surface area (Å²) in [6, 6.07) is 0. The maximum atomic E-state index is 12.8. The lowest BCUT2D eigenvalue weighted by molar-refractivity contribution is -0.137. The van der Waals surface area contributed by atoms with Crippen molar-refractivity contribution in [3.8, 4) is 0 Å². The second-order valence-electron chi connectivity index (χ2n) is 5.11. The number of rotatable bonds is 5. The van der Waals surface area contributed by atoms with Gasteiger partial charge in [-0.25, -0.2) is 4.98 Å². The standard InChI is InChI=1S/C13H18F3N5O/c14-13(15,16)9-8-19-12(17)20-11(9)18-5-3-7-21-6-2-1-4-10(21)22/h8H,1-7H2,(H3,17,18,19,20). The number of hydrogen-bond donors (Lipinski definition) is 2. The molecule has 1 fully saturated rings. The summed E-state index contributed by atoms with van der Waals surface area (Å²) in [7, 11) is 0. The van der Waals surface area contributed by atoms with E-state index in [1.807, 2.05) is 0 Å². The SMILES string of the molecule is Nc1ncc(C(F)(F)F)c(NCCCN2CCCCC2=O)n1. The number of amides is 1. The molecular formula is C13H18F3N5O. The van der Waals surface area contributed by atoms with Crippen molar-refractivity contribution in [3.63, 3.8) is 0 Å². The zero-order chi connectivity index (χ0) is 16.2. The molecule has 0 atom stereocenters. The Bertz CT molecular complexity index is 535. The molecule has 9 heteroatoms. The first-order valence-electron chi connectivity index (χ1n) is 7.09. The van der Waals surface area contributed by atoms with Crippen LogP contribution >= 0.6 is 0 Å². The van der Waals surface area contributed by atoms with Crippen LogP contribution in [0.3, 0.4) is 0 Å². The molecule has 1 aromatic rings. The number of hydrogen-bond acceptors (Lipinski definition) is 5.